The second-order valence-electron chi connectivity index (χ2n) is 6.76. The molecule has 1 nitrogen and oxygen atoms in total. The fourth-order valence-corrected chi connectivity index (χ4v) is 2.47. The minimum atomic E-state index is 0.0974. The van der Waals surface area contributed by atoms with Gasteiger partial charge in [0.15, 0.2) is 0 Å². The van der Waals surface area contributed by atoms with Gasteiger partial charge in [0.05, 0.1) is 6.61 Å². The maximum absolute atomic E-state index is 8.80. The third kappa shape index (κ3) is 6.31. The molecule has 0 spiro atoms. The van der Waals surface area contributed by atoms with Gasteiger partial charge in [-0.15, -0.1) is 0 Å². The van der Waals surface area contributed by atoms with Gasteiger partial charge in [-0.05, 0) is 43.6 Å². The first-order valence-corrected chi connectivity index (χ1v) is 7.88. The van der Waals surface area contributed by atoms with E-state index in [1.807, 2.05) is 19.1 Å². The molecule has 1 N–H and O–H groups in total. The molecule has 0 bridgehead atoms. The van der Waals surface area contributed by atoms with Crippen LogP contribution >= 0.6 is 0 Å². The normalized spacial score (nSPS) is 23.9. The lowest BCUT2D eigenvalue weighted by molar-refractivity contribution is 0.342. The summed E-state index contributed by atoms with van der Waals surface area (Å²) in [7, 11) is 0. The molecule has 0 aromatic carbocycles. The van der Waals surface area contributed by atoms with Gasteiger partial charge in [0.1, 0.15) is 0 Å². The fourth-order valence-electron chi connectivity index (χ4n) is 2.47. The van der Waals surface area contributed by atoms with E-state index in [1.54, 1.807) is 6.08 Å². The predicted molar refractivity (Wildman–Crippen MR) is 93.1 cm³/mol. The zero-order chi connectivity index (χ0) is 15.9. The molecule has 0 aromatic rings. The monoisotopic (exact) mass is 286 g/mol. The molecule has 1 aliphatic carbocycles. The van der Waals surface area contributed by atoms with Crippen molar-refractivity contribution in [3.63, 3.8) is 0 Å². The summed E-state index contributed by atoms with van der Waals surface area (Å²) >= 11 is 0. The van der Waals surface area contributed by atoms with E-state index < -0.39 is 0 Å². The van der Waals surface area contributed by atoms with E-state index >= 15 is 0 Å². The molecule has 0 amide bonds. The van der Waals surface area contributed by atoms with Gasteiger partial charge in [0.25, 0.3) is 0 Å². The third-order valence-electron chi connectivity index (χ3n) is 4.13. The molecule has 1 atom stereocenters. The molecule has 0 radical (unpaired) electrons. The van der Waals surface area contributed by atoms with Crippen molar-refractivity contribution in [1.82, 2.24) is 0 Å². The molecule has 0 saturated heterocycles. The predicted octanol–water partition coefficient (Wildman–Crippen LogP) is 5.37. The minimum absolute atomic E-state index is 0.0974. The zero-order valence-corrected chi connectivity index (χ0v) is 14.2. The van der Waals surface area contributed by atoms with Gasteiger partial charge in [-0.2, -0.15) is 0 Å². The Bertz CT molecular complexity index is 484. The SMILES string of the molecule is CC(/C=C/C1=CC(C)CCC1(C)C)=C\C=C\C(C)=C\CO. The summed E-state index contributed by atoms with van der Waals surface area (Å²) in [4.78, 5) is 0. The first-order chi connectivity index (χ1) is 9.85. The Morgan fingerprint density at radius 3 is 2.67 bits per heavy atom. The highest BCUT2D eigenvalue weighted by Gasteiger charge is 2.26. The smallest absolute Gasteiger partial charge is 0.0617 e. The lowest BCUT2D eigenvalue weighted by Crippen LogP contribution is -2.19. The average Bonchev–Trinajstić information content (AvgIpc) is 2.40. The van der Waals surface area contributed by atoms with Crippen LogP contribution in [0.1, 0.15) is 47.5 Å². The number of allylic oxidation sites excluding steroid dienone is 9. The Morgan fingerprint density at radius 2 is 2.00 bits per heavy atom. The molecule has 0 heterocycles. The molecule has 0 aliphatic heterocycles. The van der Waals surface area contributed by atoms with Crippen LogP contribution in [0.25, 0.3) is 0 Å². The van der Waals surface area contributed by atoms with Gasteiger partial charge in [-0.25, -0.2) is 0 Å². The second kappa shape index (κ2) is 8.19. The number of aliphatic hydroxyl groups excluding tert-OH is 1. The lowest BCUT2D eigenvalue weighted by atomic mass is 9.73. The van der Waals surface area contributed by atoms with Crippen molar-refractivity contribution < 1.29 is 5.11 Å². The van der Waals surface area contributed by atoms with Crippen molar-refractivity contribution in [2.75, 3.05) is 6.61 Å². The molecular formula is C20H30O. The van der Waals surface area contributed by atoms with E-state index in [1.165, 1.54) is 24.0 Å². The van der Waals surface area contributed by atoms with Crippen LogP contribution in [0, 0.1) is 11.3 Å². The molecule has 0 aromatic heterocycles. The van der Waals surface area contributed by atoms with Crippen molar-refractivity contribution >= 4 is 0 Å². The lowest BCUT2D eigenvalue weighted by Gasteiger charge is -2.32. The third-order valence-corrected chi connectivity index (χ3v) is 4.13. The van der Waals surface area contributed by atoms with Crippen LogP contribution < -0.4 is 0 Å². The average molecular weight is 286 g/mol. The van der Waals surface area contributed by atoms with E-state index in [9.17, 15) is 0 Å². The summed E-state index contributed by atoms with van der Waals surface area (Å²) in [5, 5.41) is 8.80. The number of rotatable bonds is 5. The van der Waals surface area contributed by atoms with Gasteiger partial charge >= 0.3 is 0 Å². The molecule has 0 fully saturated rings. The van der Waals surface area contributed by atoms with Crippen molar-refractivity contribution in [3.05, 3.63) is 59.3 Å². The Morgan fingerprint density at radius 1 is 1.29 bits per heavy atom. The van der Waals surface area contributed by atoms with E-state index in [4.69, 9.17) is 5.11 Å². The number of hydrogen-bond acceptors (Lipinski definition) is 1. The number of hydrogen-bond donors (Lipinski definition) is 1. The van der Waals surface area contributed by atoms with Gasteiger partial charge in [0, 0.05) is 0 Å². The van der Waals surface area contributed by atoms with Crippen LogP contribution in [0.2, 0.25) is 0 Å². The maximum atomic E-state index is 8.80. The molecule has 1 heteroatoms. The molecular weight excluding hydrogens is 256 g/mol. The Balaban J connectivity index is 2.73. The summed E-state index contributed by atoms with van der Waals surface area (Å²) in [6.45, 7) is 11.2. The van der Waals surface area contributed by atoms with Crippen molar-refractivity contribution in [2.45, 2.75) is 47.5 Å². The standard InChI is InChI=1S/C20H30O/c1-16(7-6-8-17(2)12-14-21)9-10-19-15-18(3)11-13-20(19,4)5/h6-10,12,15,18,21H,11,13-14H2,1-5H3/b8-6+,10-9+,16-7+,17-12+. The Hall–Kier alpha value is -1.34. The highest BCUT2D eigenvalue weighted by molar-refractivity contribution is 5.34. The quantitative estimate of drug-likeness (QED) is 0.674. The van der Waals surface area contributed by atoms with E-state index in [0.717, 1.165) is 5.57 Å². The molecule has 116 valence electrons. The highest BCUT2D eigenvalue weighted by Crippen LogP contribution is 2.39. The van der Waals surface area contributed by atoms with Crippen molar-refractivity contribution in [3.8, 4) is 0 Å². The highest BCUT2D eigenvalue weighted by atomic mass is 16.2. The van der Waals surface area contributed by atoms with Gasteiger partial charge in [0.2, 0.25) is 0 Å². The first-order valence-electron chi connectivity index (χ1n) is 7.88. The summed E-state index contributed by atoms with van der Waals surface area (Å²) in [5.41, 5.74) is 4.06. The zero-order valence-electron chi connectivity index (χ0n) is 14.2. The molecule has 21 heavy (non-hydrogen) atoms. The maximum Gasteiger partial charge on any atom is 0.0617 e. The van der Waals surface area contributed by atoms with Crippen LogP contribution in [-0.4, -0.2) is 11.7 Å². The van der Waals surface area contributed by atoms with E-state index in [2.05, 4.69) is 52.0 Å². The summed E-state index contributed by atoms with van der Waals surface area (Å²) in [6, 6.07) is 0. The van der Waals surface area contributed by atoms with Crippen molar-refractivity contribution in [1.29, 1.82) is 0 Å². The molecule has 1 unspecified atom stereocenters. The summed E-state index contributed by atoms with van der Waals surface area (Å²) < 4.78 is 0. The van der Waals surface area contributed by atoms with Crippen LogP contribution in [0.15, 0.2) is 59.3 Å². The van der Waals surface area contributed by atoms with Crippen LogP contribution in [0.5, 0.6) is 0 Å². The largest absolute Gasteiger partial charge is 0.392 e. The second-order valence-corrected chi connectivity index (χ2v) is 6.76. The van der Waals surface area contributed by atoms with Crippen molar-refractivity contribution in [2.24, 2.45) is 11.3 Å². The van der Waals surface area contributed by atoms with E-state index in [0.29, 0.717) is 11.3 Å². The topological polar surface area (TPSA) is 20.2 Å². The fraction of sp³-hybridized carbons (Fsp3) is 0.500. The molecule has 1 aliphatic rings. The van der Waals surface area contributed by atoms with Crippen LogP contribution in [0.4, 0.5) is 0 Å². The van der Waals surface area contributed by atoms with Crippen LogP contribution in [-0.2, 0) is 0 Å². The summed E-state index contributed by atoms with van der Waals surface area (Å²) in [5.74, 6) is 0.688. The summed E-state index contributed by atoms with van der Waals surface area (Å²) in [6.07, 6.45) is 17.4. The van der Waals surface area contributed by atoms with Gasteiger partial charge < -0.3 is 5.11 Å². The Kier molecular flexibility index (Phi) is 6.91. The van der Waals surface area contributed by atoms with Gasteiger partial charge in [-0.1, -0.05) is 74.4 Å². The number of aliphatic hydroxyl groups is 1. The molecule has 1 rings (SSSR count). The first kappa shape index (κ1) is 17.7. The Labute approximate surface area is 130 Å². The minimum Gasteiger partial charge on any atom is -0.392 e. The van der Waals surface area contributed by atoms with Gasteiger partial charge in [-0.3, -0.25) is 0 Å². The van der Waals surface area contributed by atoms with E-state index in [-0.39, 0.29) is 6.61 Å². The molecule has 0 saturated carbocycles. The van der Waals surface area contributed by atoms with Crippen LogP contribution in [0.3, 0.4) is 0 Å².